The van der Waals surface area contributed by atoms with Crippen molar-refractivity contribution >= 4 is 25.8 Å². The summed E-state index contributed by atoms with van der Waals surface area (Å²) in [5, 5.41) is 6.67. The molecule has 12 heteroatoms. The number of aliphatic imine (C=N–C) groups is 1. The van der Waals surface area contributed by atoms with Crippen molar-refractivity contribution in [1.29, 1.82) is 0 Å². The summed E-state index contributed by atoms with van der Waals surface area (Å²) in [7, 11) is -4.89. The first-order chi connectivity index (χ1) is 12.3. The van der Waals surface area contributed by atoms with Crippen molar-refractivity contribution in [2.45, 2.75) is 12.7 Å². The number of hydrogen-bond donors (Lipinski definition) is 1. The van der Waals surface area contributed by atoms with Crippen LogP contribution in [-0.2, 0) is 25.6 Å². The number of nitrogens with one attached hydrogen (secondary N) is 1. The van der Waals surface area contributed by atoms with Gasteiger partial charge in [0.1, 0.15) is 12.0 Å². The summed E-state index contributed by atoms with van der Waals surface area (Å²) in [6, 6.07) is 1.53. The zero-order valence-corrected chi connectivity index (χ0v) is 16.6. The first-order valence-electron chi connectivity index (χ1n) is 8.30. The number of piperazine rings is 1. The van der Waals surface area contributed by atoms with Gasteiger partial charge in [-0.25, -0.2) is 16.8 Å². The van der Waals surface area contributed by atoms with Crippen molar-refractivity contribution in [3.05, 3.63) is 18.0 Å². The molecule has 26 heavy (non-hydrogen) atoms. The van der Waals surface area contributed by atoms with Gasteiger partial charge in [0.05, 0.1) is 11.4 Å². The van der Waals surface area contributed by atoms with Crippen LogP contribution >= 0.6 is 0 Å². The molecule has 0 saturated carbocycles. The Bertz CT molecular complexity index is 797. The third kappa shape index (κ3) is 5.68. The Morgan fingerprint density at radius 3 is 2.50 bits per heavy atom. The average Bonchev–Trinajstić information content (AvgIpc) is 3.11. The van der Waals surface area contributed by atoms with Gasteiger partial charge in [-0.05, 0) is 0 Å². The van der Waals surface area contributed by atoms with Crippen LogP contribution in [0.2, 0.25) is 0 Å². The van der Waals surface area contributed by atoms with E-state index in [1.54, 1.807) is 14.0 Å². The second-order valence-electron chi connectivity index (χ2n) is 5.84. The SMILES string of the molecule is CCS(=O)(=O)CCNC(=NC)N1CCN(S(=O)(=O)Cc2ccon2)CC1. The van der Waals surface area contributed by atoms with Crippen LogP contribution < -0.4 is 5.32 Å². The zero-order chi connectivity index (χ0) is 19.2. The molecule has 1 aliphatic heterocycles. The minimum absolute atomic E-state index is 0.0363. The Hall–Kier alpha value is -1.66. The lowest BCUT2D eigenvalue weighted by molar-refractivity contribution is 0.260. The van der Waals surface area contributed by atoms with Crippen LogP contribution in [0.4, 0.5) is 0 Å². The molecule has 0 aromatic carbocycles. The molecule has 1 fully saturated rings. The molecule has 2 heterocycles. The number of sulfone groups is 1. The summed E-state index contributed by atoms with van der Waals surface area (Å²) in [6.07, 6.45) is 1.34. The van der Waals surface area contributed by atoms with E-state index in [-0.39, 0.29) is 23.8 Å². The molecule has 0 radical (unpaired) electrons. The molecule has 0 bridgehead atoms. The lowest BCUT2D eigenvalue weighted by atomic mass is 10.4. The van der Waals surface area contributed by atoms with E-state index in [1.165, 1.54) is 16.6 Å². The quantitative estimate of drug-likeness (QED) is 0.457. The summed E-state index contributed by atoms with van der Waals surface area (Å²) in [4.78, 5) is 6.07. The molecule has 10 nitrogen and oxygen atoms in total. The highest BCUT2D eigenvalue weighted by Gasteiger charge is 2.29. The van der Waals surface area contributed by atoms with Crippen LogP contribution in [0.25, 0.3) is 0 Å². The van der Waals surface area contributed by atoms with Gasteiger partial charge in [-0.15, -0.1) is 0 Å². The van der Waals surface area contributed by atoms with Crippen molar-refractivity contribution < 1.29 is 21.4 Å². The average molecular weight is 408 g/mol. The Kier molecular flexibility index (Phi) is 7.01. The summed E-state index contributed by atoms with van der Waals surface area (Å²) in [5.74, 6) is 0.528. The Morgan fingerprint density at radius 2 is 1.96 bits per heavy atom. The highest BCUT2D eigenvalue weighted by atomic mass is 32.2. The molecule has 1 aromatic heterocycles. The van der Waals surface area contributed by atoms with Gasteiger partial charge in [0, 0.05) is 51.6 Å². The normalized spacial score (nSPS) is 17.5. The minimum atomic E-state index is -3.46. The topological polar surface area (TPSA) is 125 Å². The van der Waals surface area contributed by atoms with Crippen molar-refractivity contribution in [1.82, 2.24) is 19.7 Å². The second-order valence-corrected chi connectivity index (χ2v) is 10.3. The molecule has 0 atom stereocenters. The van der Waals surface area contributed by atoms with Crippen LogP contribution in [0.1, 0.15) is 12.6 Å². The van der Waals surface area contributed by atoms with E-state index >= 15 is 0 Å². The predicted molar refractivity (Wildman–Crippen MR) is 98.0 cm³/mol. The van der Waals surface area contributed by atoms with Gasteiger partial charge < -0.3 is 14.7 Å². The Balaban J connectivity index is 1.86. The number of rotatable bonds is 7. The Morgan fingerprint density at radius 1 is 1.27 bits per heavy atom. The van der Waals surface area contributed by atoms with E-state index in [0.29, 0.717) is 37.8 Å². The summed E-state index contributed by atoms with van der Waals surface area (Å²) in [6.45, 7) is 3.48. The lowest BCUT2D eigenvalue weighted by Crippen LogP contribution is -2.54. The van der Waals surface area contributed by atoms with Crippen LogP contribution in [0.15, 0.2) is 21.8 Å². The predicted octanol–water partition coefficient (Wildman–Crippen LogP) is -0.868. The molecule has 0 unspecified atom stereocenters. The number of sulfonamides is 1. The molecule has 1 N–H and O–H groups in total. The first-order valence-corrected chi connectivity index (χ1v) is 11.7. The molecular formula is C14H25N5O5S2. The van der Waals surface area contributed by atoms with Crippen molar-refractivity contribution in [3.8, 4) is 0 Å². The molecule has 0 amide bonds. The van der Waals surface area contributed by atoms with Gasteiger partial charge >= 0.3 is 0 Å². The second kappa shape index (κ2) is 8.82. The molecule has 0 aliphatic carbocycles. The van der Waals surface area contributed by atoms with Gasteiger partial charge in [-0.1, -0.05) is 12.1 Å². The fourth-order valence-electron chi connectivity index (χ4n) is 2.56. The summed E-state index contributed by atoms with van der Waals surface area (Å²) >= 11 is 0. The summed E-state index contributed by atoms with van der Waals surface area (Å²) < 4.78 is 54.1. The minimum Gasteiger partial charge on any atom is -0.364 e. The number of guanidine groups is 1. The highest BCUT2D eigenvalue weighted by Crippen LogP contribution is 2.12. The van der Waals surface area contributed by atoms with E-state index in [2.05, 4.69) is 20.0 Å². The maximum Gasteiger partial charge on any atom is 0.220 e. The molecule has 1 saturated heterocycles. The van der Waals surface area contributed by atoms with E-state index in [4.69, 9.17) is 0 Å². The highest BCUT2D eigenvalue weighted by molar-refractivity contribution is 7.91. The maximum absolute atomic E-state index is 12.4. The monoisotopic (exact) mass is 407 g/mol. The van der Waals surface area contributed by atoms with Crippen LogP contribution in [0.3, 0.4) is 0 Å². The first kappa shape index (κ1) is 20.6. The number of hydrogen-bond acceptors (Lipinski definition) is 7. The van der Waals surface area contributed by atoms with Crippen LogP contribution in [-0.4, -0.2) is 88.4 Å². The van der Waals surface area contributed by atoms with Gasteiger partial charge in [0.2, 0.25) is 10.0 Å². The third-order valence-corrected chi connectivity index (χ3v) is 7.62. The van der Waals surface area contributed by atoms with Crippen LogP contribution in [0.5, 0.6) is 0 Å². The van der Waals surface area contributed by atoms with Crippen molar-refractivity contribution in [2.24, 2.45) is 4.99 Å². The van der Waals surface area contributed by atoms with Crippen LogP contribution in [0, 0.1) is 0 Å². The maximum atomic E-state index is 12.4. The smallest absolute Gasteiger partial charge is 0.220 e. The number of aromatic nitrogens is 1. The zero-order valence-electron chi connectivity index (χ0n) is 15.0. The fraction of sp³-hybridized carbons (Fsp3) is 0.714. The standard InChI is InChI=1S/C14H25N5O5S2/c1-3-25(20,21)11-5-16-14(15-2)18-6-8-19(9-7-18)26(22,23)12-13-4-10-24-17-13/h4,10H,3,5-9,11-12H2,1-2H3,(H,15,16). The number of nitrogens with zero attached hydrogens (tertiary/aromatic N) is 4. The largest absolute Gasteiger partial charge is 0.364 e. The van der Waals surface area contributed by atoms with Gasteiger partial charge in [-0.3, -0.25) is 4.99 Å². The third-order valence-electron chi connectivity index (χ3n) is 4.10. The molecule has 2 rings (SSSR count). The summed E-state index contributed by atoms with van der Waals surface area (Å²) in [5.41, 5.74) is 0.377. The van der Waals surface area contributed by atoms with E-state index in [1.807, 2.05) is 4.90 Å². The van der Waals surface area contributed by atoms with E-state index < -0.39 is 19.9 Å². The molecule has 1 aliphatic rings. The van der Waals surface area contributed by atoms with Crippen molar-refractivity contribution in [3.63, 3.8) is 0 Å². The lowest BCUT2D eigenvalue weighted by Gasteiger charge is -2.35. The van der Waals surface area contributed by atoms with Gasteiger partial charge in [0.25, 0.3) is 0 Å². The Labute approximate surface area is 154 Å². The molecule has 0 spiro atoms. The van der Waals surface area contributed by atoms with E-state index in [0.717, 1.165) is 0 Å². The van der Waals surface area contributed by atoms with Gasteiger partial charge in [0.15, 0.2) is 15.8 Å². The molecule has 148 valence electrons. The molecular weight excluding hydrogens is 382 g/mol. The van der Waals surface area contributed by atoms with Crippen molar-refractivity contribution in [2.75, 3.05) is 51.3 Å². The van der Waals surface area contributed by atoms with Gasteiger partial charge in [-0.2, -0.15) is 4.31 Å². The van der Waals surface area contributed by atoms with E-state index in [9.17, 15) is 16.8 Å². The molecule has 1 aromatic rings. The fourth-order valence-corrected chi connectivity index (χ4v) is 4.69.